The number of ether oxygens (including phenoxy) is 1. The summed E-state index contributed by atoms with van der Waals surface area (Å²) in [5, 5.41) is 0. The topological polar surface area (TPSA) is 92.8 Å². The van der Waals surface area contributed by atoms with Crippen molar-refractivity contribution >= 4 is 21.9 Å². The summed E-state index contributed by atoms with van der Waals surface area (Å²) in [5.74, 6) is -0.850. The minimum Gasteiger partial charge on any atom is -0.452 e. The Hall–Kier alpha value is -1.93. The largest absolute Gasteiger partial charge is 0.452 e. The molecule has 1 aliphatic rings. The second-order valence-corrected chi connectivity index (χ2v) is 7.80. The standard InChI is InChI=1S/C17H24N2O5S/c1-3-18-25(22,23)15-9-7-14(8-10-15)17(21)24-12-16(20)19-11-5-4-6-13(19)2/h7-10,13,18H,3-6,11-12H2,1-2H3/t13-/m1/s1. The number of piperidine rings is 1. The average Bonchev–Trinajstić information content (AvgIpc) is 2.60. The summed E-state index contributed by atoms with van der Waals surface area (Å²) in [6.45, 7) is 4.34. The number of esters is 1. The fourth-order valence-corrected chi connectivity index (χ4v) is 3.85. The summed E-state index contributed by atoms with van der Waals surface area (Å²) in [5.41, 5.74) is 0.204. The maximum Gasteiger partial charge on any atom is 0.338 e. The fourth-order valence-electron chi connectivity index (χ4n) is 2.81. The second-order valence-electron chi connectivity index (χ2n) is 6.03. The Morgan fingerprint density at radius 2 is 1.92 bits per heavy atom. The number of carbonyl (C=O) groups is 2. The van der Waals surface area contributed by atoms with Crippen LogP contribution in [0.4, 0.5) is 0 Å². The summed E-state index contributed by atoms with van der Waals surface area (Å²) >= 11 is 0. The zero-order valence-corrected chi connectivity index (χ0v) is 15.3. The van der Waals surface area contributed by atoms with Crippen molar-refractivity contribution in [1.82, 2.24) is 9.62 Å². The van der Waals surface area contributed by atoms with Gasteiger partial charge in [0.25, 0.3) is 5.91 Å². The maximum absolute atomic E-state index is 12.2. The van der Waals surface area contributed by atoms with Crippen molar-refractivity contribution in [2.45, 2.75) is 44.0 Å². The number of sulfonamides is 1. The van der Waals surface area contributed by atoms with Gasteiger partial charge in [0, 0.05) is 19.1 Å². The summed E-state index contributed by atoms with van der Waals surface area (Å²) in [6, 6.07) is 5.59. The van der Waals surface area contributed by atoms with E-state index in [1.165, 1.54) is 24.3 Å². The van der Waals surface area contributed by atoms with Gasteiger partial charge in [-0.05, 0) is 50.5 Å². The molecule has 1 saturated heterocycles. The number of likely N-dealkylation sites (tertiary alicyclic amines) is 1. The number of amides is 1. The van der Waals surface area contributed by atoms with Crippen LogP contribution < -0.4 is 4.72 Å². The number of rotatable bonds is 6. The van der Waals surface area contributed by atoms with Crippen molar-refractivity contribution < 1.29 is 22.7 Å². The van der Waals surface area contributed by atoms with Crippen LogP contribution in [0.25, 0.3) is 0 Å². The first-order valence-electron chi connectivity index (χ1n) is 8.41. The molecule has 7 nitrogen and oxygen atoms in total. The van der Waals surface area contributed by atoms with Gasteiger partial charge < -0.3 is 9.64 Å². The van der Waals surface area contributed by atoms with Crippen LogP contribution in [0.3, 0.4) is 0 Å². The number of nitrogens with one attached hydrogen (secondary N) is 1. The highest BCUT2D eigenvalue weighted by atomic mass is 32.2. The van der Waals surface area contributed by atoms with E-state index in [-0.39, 0.29) is 35.6 Å². The van der Waals surface area contributed by atoms with Gasteiger partial charge in [-0.15, -0.1) is 0 Å². The minimum absolute atomic E-state index is 0.0733. The molecule has 25 heavy (non-hydrogen) atoms. The Morgan fingerprint density at radius 3 is 2.52 bits per heavy atom. The Morgan fingerprint density at radius 1 is 1.24 bits per heavy atom. The zero-order chi connectivity index (χ0) is 18.4. The summed E-state index contributed by atoms with van der Waals surface area (Å²) in [7, 11) is -3.56. The highest BCUT2D eigenvalue weighted by Gasteiger charge is 2.24. The van der Waals surface area contributed by atoms with Gasteiger partial charge in [0.2, 0.25) is 10.0 Å². The lowest BCUT2D eigenvalue weighted by Crippen LogP contribution is -2.44. The molecule has 1 aliphatic heterocycles. The first-order valence-corrected chi connectivity index (χ1v) is 9.90. The van der Waals surface area contributed by atoms with Crippen LogP contribution in [0.5, 0.6) is 0 Å². The second kappa shape index (κ2) is 8.44. The monoisotopic (exact) mass is 368 g/mol. The van der Waals surface area contributed by atoms with Crippen LogP contribution in [0.2, 0.25) is 0 Å². The van der Waals surface area contributed by atoms with Gasteiger partial charge >= 0.3 is 5.97 Å². The third-order valence-corrected chi connectivity index (χ3v) is 5.75. The van der Waals surface area contributed by atoms with E-state index in [0.29, 0.717) is 6.54 Å². The molecule has 1 heterocycles. The number of nitrogens with zero attached hydrogens (tertiary/aromatic N) is 1. The normalized spacial score (nSPS) is 18.0. The van der Waals surface area contributed by atoms with Crippen LogP contribution >= 0.6 is 0 Å². The third kappa shape index (κ3) is 5.02. The number of hydrogen-bond donors (Lipinski definition) is 1. The van der Waals surface area contributed by atoms with Gasteiger partial charge in [-0.2, -0.15) is 0 Å². The van der Waals surface area contributed by atoms with E-state index in [1.54, 1.807) is 11.8 Å². The molecule has 0 unspecified atom stereocenters. The van der Waals surface area contributed by atoms with E-state index in [9.17, 15) is 18.0 Å². The molecule has 1 N–H and O–H groups in total. The highest BCUT2D eigenvalue weighted by molar-refractivity contribution is 7.89. The minimum atomic E-state index is -3.56. The number of carbonyl (C=O) groups excluding carboxylic acids is 2. The lowest BCUT2D eigenvalue weighted by atomic mass is 10.0. The molecule has 0 radical (unpaired) electrons. The predicted octanol–water partition coefficient (Wildman–Crippen LogP) is 1.54. The Balaban J connectivity index is 1.93. The van der Waals surface area contributed by atoms with Gasteiger partial charge in [0.05, 0.1) is 10.5 Å². The molecule has 1 atom stereocenters. The highest BCUT2D eigenvalue weighted by Crippen LogP contribution is 2.17. The Bertz CT molecular complexity index is 715. The van der Waals surface area contributed by atoms with Crippen LogP contribution in [-0.2, 0) is 19.6 Å². The molecular formula is C17H24N2O5S. The fraction of sp³-hybridized carbons (Fsp3) is 0.529. The van der Waals surface area contributed by atoms with E-state index in [1.807, 2.05) is 6.92 Å². The van der Waals surface area contributed by atoms with E-state index in [4.69, 9.17) is 4.74 Å². The average molecular weight is 368 g/mol. The molecule has 2 rings (SSSR count). The Labute approximate surface area is 148 Å². The number of hydrogen-bond acceptors (Lipinski definition) is 5. The molecule has 138 valence electrons. The maximum atomic E-state index is 12.2. The van der Waals surface area contributed by atoms with Gasteiger partial charge in [-0.25, -0.2) is 17.9 Å². The van der Waals surface area contributed by atoms with E-state index in [0.717, 1.165) is 19.3 Å². The van der Waals surface area contributed by atoms with E-state index >= 15 is 0 Å². The first-order chi connectivity index (χ1) is 11.8. The summed E-state index contributed by atoms with van der Waals surface area (Å²) in [6.07, 6.45) is 3.03. The quantitative estimate of drug-likeness (QED) is 0.769. The van der Waals surface area contributed by atoms with Gasteiger partial charge in [0.15, 0.2) is 6.61 Å². The number of benzene rings is 1. The van der Waals surface area contributed by atoms with Crippen molar-refractivity contribution in [2.24, 2.45) is 0 Å². The Kier molecular flexibility index (Phi) is 6.55. The smallest absolute Gasteiger partial charge is 0.338 e. The SMILES string of the molecule is CCNS(=O)(=O)c1ccc(C(=O)OCC(=O)N2CCCC[C@H]2C)cc1. The van der Waals surface area contributed by atoms with Crippen LogP contribution in [0.1, 0.15) is 43.5 Å². The molecule has 0 saturated carbocycles. The van der Waals surface area contributed by atoms with Crippen LogP contribution in [-0.4, -0.2) is 50.9 Å². The zero-order valence-electron chi connectivity index (χ0n) is 14.5. The molecule has 0 aliphatic carbocycles. The van der Waals surface area contributed by atoms with Crippen molar-refractivity contribution in [3.63, 3.8) is 0 Å². The molecule has 8 heteroatoms. The summed E-state index contributed by atoms with van der Waals surface area (Å²) in [4.78, 5) is 26.0. The summed E-state index contributed by atoms with van der Waals surface area (Å²) < 4.78 is 31.2. The lowest BCUT2D eigenvalue weighted by Gasteiger charge is -2.33. The van der Waals surface area contributed by atoms with Gasteiger partial charge in [-0.1, -0.05) is 6.92 Å². The van der Waals surface area contributed by atoms with Crippen molar-refractivity contribution in [2.75, 3.05) is 19.7 Å². The van der Waals surface area contributed by atoms with E-state index < -0.39 is 16.0 Å². The molecule has 1 aromatic carbocycles. The molecule has 1 aromatic rings. The molecule has 1 amide bonds. The first kappa shape index (κ1) is 19.4. The van der Waals surface area contributed by atoms with Crippen LogP contribution in [0.15, 0.2) is 29.2 Å². The third-order valence-electron chi connectivity index (χ3n) is 4.18. The van der Waals surface area contributed by atoms with Crippen molar-refractivity contribution in [1.29, 1.82) is 0 Å². The molecule has 1 fully saturated rings. The van der Waals surface area contributed by atoms with Crippen molar-refractivity contribution in [3.05, 3.63) is 29.8 Å². The van der Waals surface area contributed by atoms with E-state index in [2.05, 4.69) is 4.72 Å². The molecule has 0 aromatic heterocycles. The van der Waals surface area contributed by atoms with Gasteiger partial charge in [0.1, 0.15) is 0 Å². The van der Waals surface area contributed by atoms with Gasteiger partial charge in [-0.3, -0.25) is 4.79 Å². The molecule has 0 spiro atoms. The lowest BCUT2D eigenvalue weighted by molar-refractivity contribution is -0.137. The van der Waals surface area contributed by atoms with Crippen LogP contribution in [0, 0.1) is 0 Å². The molecular weight excluding hydrogens is 344 g/mol. The predicted molar refractivity (Wildman–Crippen MR) is 92.6 cm³/mol. The molecule has 0 bridgehead atoms. The van der Waals surface area contributed by atoms with Crippen molar-refractivity contribution in [3.8, 4) is 0 Å².